The molecular weight excluding hydrogens is 320 g/mol. The molecule has 0 saturated carbocycles. The van der Waals surface area contributed by atoms with Gasteiger partial charge in [0.15, 0.2) is 0 Å². The molecular formula is C18H26N4OS. The van der Waals surface area contributed by atoms with Crippen molar-refractivity contribution in [3.63, 3.8) is 0 Å². The minimum Gasteiger partial charge on any atom is -0.334 e. The van der Waals surface area contributed by atoms with E-state index in [9.17, 15) is 4.79 Å². The van der Waals surface area contributed by atoms with Gasteiger partial charge >= 0.3 is 0 Å². The Labute approximate surface area is 147 Å². The van der Waals surface area contributed by atoms with E-state index in [2.05, 4.69) is 28.5 Å². The largest absolute Gasteiger partial charge is 0.334 e. The first-order chi connectivity index (χ1) is 11.7. The number of hydrogen-bond acceptors (Lipinski definition) is 4. The number of hydrogen-bond donors (Lipinski definition) is 0. The second kappa shape index (κ2) is 7.94. The minimum absolute atomic E-state index is 0.220. The zero-order chi connectivity index (χ0) is 16.9. The Bertz CT molecular complexity index is 648. The molecule has 0 aromatic carbocycles. The molecule has 1 atom stereocenters. The normalized spacial score (nSPS) is 17.3. The first kappa shape index (κ1) is 17.2. The van der Waals surface area contributed by atoms with Crippen molar-refractivity contribution in [3.8, 4) is 0 Å². The van der Waals surface area contributed by atoms with Crippen LogP contribution in [0.5, 0.6) is 0 Å². The lowest BCUT2D eigenvalue weighted by molar-refractivity contribution is -0.132. The van der Waals surface area contributed by atoms with Crippen molar-refractivity contribution >= 4 is 17.2 Å². The van der Waals surface area contributed by atoms with E-state index < -0.39 is 0 Å². The quantitative estimate of drug-likeness (QED) is 0.774. The van der Waals surface area contributed by atoms with Crippen molar-refractivity contribution in [2.24, 2.45) is 0 Å². The van der Waals surface area contributed by atoms with Crippen molar-refractivity contribution in [2.75, 3.05) is 26.2 Å². The Kier molecular flexibility index (Phi) is 5.68. The van der Waals surface area contributed by atoms with Crippen LogP contribution in [0, 0.1) is 0 Å². The highest BCUT2D eigenvalue weighted by atomic mass is 32.1. The summed E-state index contributed by atoms with van der Waals surface area (Å²) in [6.45, 7) is 9.00. The monoisotopic (exact) mass is 346 g/mol. The standard InChI is InChI=1S/C18H26N4OS/c1-3-20(4-2)10-8-16-14-21(13-15-7-9-19-22(15)16)18(23)12-17-6-5-11-24-17/h5-7,9,11,16H,3-4,8,10,12-14H2,1-2H3. The van der Waals surface area contributed by atoms with Crippen LogP contribution in [-0.2, 0) is 17.8 Å². The van der Waals surface area contributed by atoms with Crippen LogP contribution in [0.2, 0.25) is 0 Å². The van der Waals surface area contributed by atoms with Gasteiger partial charge in [0.2, 0.25) is 5.91 Å². The Balaban J connectivity index is 1.67. The van der Waals surface area contributed by atoms with E-state index in [1.807, 2.05) is 34.7 Å². The average Bonchev–Trinajstić information content (AvgIpc) is 3.26. The lowest BCUT2D eigenvalue weighted by Crippen LogP contribution is -2.43. The third-order valence-electron chi connectivity index (χ3n) is 4.81. The fourth-order valence-corrected chi connectivity index (χ4v) is 4.03. The number of thiophene rings is 1. The van der Waals surface area contributed by atoms with Gasteiger partial charge < -0.3 is 9.80 Å². The van der Waals surface area contributed by atoms with Crippen LogP contribution in [0.3, 0.4) is 0 Å². The number of fused-ring (bicyclic) bond motifs is 1. The highest BCUT2D eigenvalue weighted by Crippen LogP contribution is 2.24. The highest BCUT2D eigenvalue weighted by molar-refractivity contribution is 7.10. The molecule has 0 bridgehead atoms. The first-order valence-electron chi connectivity index (χ1n) is 8.76. The molecule has 1 aliphatic rings. The van der Waals surface area contributed by atoms with Crippen molar-refractivity contribution in [1.29, 1.82) is 0 Å². The maximum atomic E-state index is 12.7. The topological polar surface area (TPSA) is 41.4 Å². The molecule has 6 heteroatoms. The SMILES string of the molecule is CCN(CC)CCC1CN(C(=O)Cc2cccs2)Cc2ccnn21. The second-order valence-corrected chi connectivity index (χ2v) is 7.30. The van der Waals surface area contributed by atoms with E-state index in [4.69, 9.17) is 0 Å². The van der Waals surface area contributed by atoms with E-state index in [0.29, 0.717) is 13.0 Å². The van der Waals surface area contributed by atoms with Crippen LogP contribution >= 0.6 is 11.3 Å². The number of aromatic nitrogens is 2. The molecule has 0 fully saturated rings. The molecule has 0 saturated heterocycles. The van der Waals surface area contributed by atoms with Gasteiger partial charge in [0.25, 0.3) is 0 Å². The molecule has 2 aromatic heterocycles. The molecule has 3 rings (SSSR count). The van der Waals surface area contributed by atoms with Crippen molar-refractivity contribution in [3.05, 3.63) is 40.3 Å². The second-order valence-electron chi connectivity index (χ2n) is 6.27. The number of amides is 1. The van der Waals surface area contributed by atoms with Gasteiger partial charge in [0.05, 0.1) is 24.7 Å². The van der Waals surface area contributed by atoms with Crippen molar-refractivity contribution in [1.82, 2.24) is 19.6 Å². The van der Waals surface area contributed by atoms with Crippen LogP contribution in [0.4, 0.5) is 0 Å². The number of rotatable bonds is 7. The van der Waals surface area contributed by atoms with Crippen molar-refractivity contribution in [2.45, 2.75) is 39.3 Å². The molecule has 0 radical (unpaired) electrons. The minimum atomic E-state index is 0.220. The van der Waals surface area contributed by atoms with Crippen LogP contribution in [-0.4, -0.2) is 51.7 Å². The van der Waals surface area contributed by atoms with E-state index in [1.54, 1.807) is 11.3 Å². The summed E-state index contributed by atoms with van der Waals surface area (Å²) in [5.41, 5.74) is 1.14. The average molecular weight is 347 g/mol. The maximum Gasteiger partial charge on any atom is 0.228 e. The number of carbonyl (C=O) groups excluding carboxylic acids is 1. The van der Waals surface area contributed by atoms with Gasteiger partial charge in [-0.1, -0.05) is 19.9 Å². The summed E-state index contributed by atoms with van der Waals surface area (Å²) in [6, 6.07) is 6.35. The van der Waals surface area contributed by atoms with Crippen LogP contribution in [0.25, 0.3) is 0 Å². The summed E-state index contributed by atoms with van der Waals surface area (Å²) in [5, 5.41) is 6.53. The maximum absolute atomic E-state index is 12.7. The van der Waals surface area contributed by atoms with E-state index >= 15 is 0 Å². The zero-order valence-electron chi connectivity index (χ0n) is 14.5. The summed E-state index contributed by atoms with van der Waals surface area (Å²) in [4.78, 5) is 18.3. The van der Waals surface area contributed by atoms with Crippen LogP contribution in [0.1, 0.15) is 36.9 Å². The summed E-state index contributed by atoms with van der Waals surface area (Å²) < 4.78 is 2.12. The Hall–Kier alpha value is -1.66. The molecule has 1 unspecified atom stereocenters. The molecule has 24 heavy (non-hydrogen) atoms. The van der Waals surface area contributed by atoms with E-state index in [0.717, 1.165) is 43.2 Å². The van der Waals surface area contributed by atoms with E-state index in [-0.39, 0.29) is 11.9 Å². The predicted molar refractivity (Wildman–Crippen MR) is 97.1 cm³/mol. The third-order valence-corrected chi connectivity index (χ3v) is 5.69. The van der Waals surface area contributed by atoms with Gasteiger partial charge in [-0.25, -0.2) is 0 Å². The summed E-state index contributed by atoms with van der Waals surface area (Å²) >= 11 is 1.65. The lowest BCUT2D eigenvalue weighted by Gasteiger charge is -2.35. The molecule has 0 aliphatic carbocycles. The molecule has 1 amide bonds. The van der Waals surface area contributed by atoms with Gasteiger partial charge in [0, 0.05) is 24.2 Å². The Morgan fingerprint density at radius 3 is 2.92 bits per heavy atom. The molecule has 2 aromatic rings. The number of carbonyl (C=O) groups is 1. The summed E-state index contributed by atoms with van der Waals surface area (Å²) in [7, 11) is 0. The molecule has 1 aliphatic heterocycles. The first-order valence-corrected chi connectivity index (χ1v) is 9.64. The fraction of sp³-hybridized carbons (Fsp3) is 0.556. The van der Waals surface area contributed by atoms with Crippen LogP contribution < -0.4 is 0 Å². The van der Waals surface area contributed by atoms with Crippen molar-refractivity contribution < 1.29 is 4.79 Å². The Morgan fingerprint density at radius 1 is 1.38 bits per heavy atom. The summed E-state index contributed by atoms with van der Waals surface area (Å²) in [6.07, 6.45) is 3.39. The van der Waals surface area contributed by atoms with E-state index in [1.165, 1.54) is 0 Å². The smallest absolute Gasteiger partial charge is 0.228 e. The molecule has 5 nitrogen and oxygen atoms in total. The summed E-state index contributed by atoms with van der Waals surface area (Å²) in [5.74, 6) is 0.220. The van der Waals surface area contributed by atoms with Gasteiger partial charge in [-0.3, -0.25) is 9.48 Å². The lowest BCUT2D eigenvalue weighted by atomic mass is 10.1. The molecule has 0 N–H and O–H groups in total. The van der Waals surface area contributed by atoms with Crippen LogP contribution in [0.15, 0.2) is 29.8 Å². The molecule has 0 spiro atoms. The number of nitrogens with zero attached hydrogens (tertiary/aromatic N) is 4. The fourth-order valence-electron chi connectivity index (χ4n) is 3.34. The van der Waals surface area contributed by atoms with Gasteiger partial charge in [-0.15, -0.1) is 11.3 Å². The van der Waals surface area contributed by atoms with Gasteiger partial charge in [-0.05, 0) is 37.0 Å². The van der Waals surface area contributed by atoms with Gasteiger partial charge in [0.1, 0.15) is 0 Å². The molecule has 3 heterocycles. The van der Waals surface area contributed by atoms with Gasteiger partial charge in [-0.2, -0.15) is 5.10 Å². The molecule has 130 valence electrons. The zero-order valence-corrected chi connectivity index (χ0v) is 15.3. The third kappa shape index (κ3) is 3.87. The highest BCUT2D eigenvalue weighted by Gasteiger charge is 2.28. The Morgan fingerprint density at radius 2 is 2.21 bits per heavy atom. The predicted octanol–water partition coefficient (Wildman–Crippen LogP) is 2.80.